The van der Waals surface area contributed by atoms with Gasteiger partial charge in [-0.15, -0.1) is 0 Å². The number of nitrogens with zero attached hydrogens (tertiary/aromatic N) is 1. The molecule has 0 bridgehead atoms. The molecule has 1 atom stereocenters. The van der Waals surface area contributed by atoms with Crippen LogP contribution in [0.2, 0.25) is 0 Å². The summed E-state index contributed by atoms with van der Waals surface area (Å²) in [5.41, 5.74) is 0. The van der Waals surface area contributed by atoms with Crippen LogP contribution in [0.5, 0.6) is 0 Å². The van der Waals surface area contributed by atoms with Crippen LogP contribution in [0, 0.1) is 5.92 Å². The van der Waals surface area contributed by atoms with Crippen molar-refractivity contribution < 1.29 is 14.7 Å². The highest BCUT2D eigenvalue weighted by Crippen LogP contribution is 2.06. The predicted octanol–water partition coefficient (Wildman–Crippen LogP) is 1.93. The topological polar surface area (TPSA) is 69.6 Å². The molecule has 0 radical (unpaired) electrons. The highest BCUT2D eigenvalue weighted by Gasteiger charge is 2.24. The lowest BCUT2D eigenvalue weighted by Gasteiger charge is -2.27. The van der Waals surface area contributed by atoms with Crippen LogP contribution in [0.1, 0.15) is 41.0 Å². The van der Waals surface area contributed by atoms with E-state index in [0.29, 0.717) is 13.0 Å². The Morgan fingerprint density at radius 3 is 2.06 bits per heavy atom. The van der Waals surface area contributed by atoms with Crippen molar-refractivity contribution in [2.75, 3.05) is 6.54 Å². The molecule has 100 valence electrons. The van der Waals surface area contributed by atoms with E-state index in [1.165, 1.54) is 0 Å². The van der Waals surface area contributed by atoms with Gasteiger partial charge in [-0.2, -0.15) is 0 Å². The maximum atomic E-state index is 11.9. The molecule has 0 aromatic rings. The maximum absolute atomic E-state index is 11.9. The van der Waals surface area contributed by atoms with Crippen LogP contribution in [-0.4, -0.2) is 40.6 Å². The molecule has 0 fully saturated rings. The van der Waals surface area contributed by atoms with Gasteiger partial charge in [0.25, 0.3) is 0 Å². The summed E-state index contributed by atoms with van der Waals surface area (Å²) in [5, 5.41) is 11.6. The van der Waals surface area contributed by atoms with Crippen LogP contribution in [0.4, 0.5) is 4.79 Å². The third-order valence-electron chi connectivity index (χ3n) is 2.53. The first-order chi connectivity index (χ1) is 7.79. The number of hydrogen-bond acceptors (Lipinski definition) is 2. The predicted molar refractivity (Wildman–Crippen MR) is 66.9 cm³/mol. The molecule has 0 aliphatic carbocycles. The normalized spacial score (nSPS) is 12.6. The number of rotatable bonds is 6. The van der Waals surface area contributed by atoms with Crippen LogP contribution < -0.4 is 5.32 Å². The van der Waals surface area contributed by atoms with Gasteiger partial charge in [0, 0.05) is 12.6 Å². The fraction of sp³-hybridized carbons (Fsp3) is 0.833. The van der Waals surface area contributed by atoms with Gasteiger partial charge in [0.15, 0.2) is 0 Å². The Bertz CT molecular complexity index is 264. The van der Waals surface area contributed by atoms with Gasteiger partial charge < -0.3 is 15.3 Å². The molecule has 0 saturated carbocycles. The Kier molecular flexibility index (Phi) is 6.61. The monoisotopic (exact) mass is 244 g/mol. The molecule has 0 aromatic carbocycles. The average molecular weight is 244 g/mol. The van der Waals surface area contributed by atoms with Crippen molar-refractivity contribution in [1.29, 1.82) is 0 Å². The Morgan fingerprint density at radius 1 is 1.24 bits per heavy atom. The molecule has 0 saturated heterocycles. The van der Waals surface area contributed by atoms with E-state index in [2.05, 4.69) is 5.32 Å². The summed E-state index contributed by atoms with van der Waals surface area (Å²) in [7, 11) is 0. The molecular formula is C12H24N2O3. The summed E-state index contributed by atoms with van der Waals surface area (Å²) in [5.74, 6) is -0.752. The molecule has 0 aliphatic heterocycles. The number of urea groups is 1. The number of nitrogens with one attached hydrogen (secondary N) is 1. The third-order valence-corrected chi connectivity index (χ3v) is 2.53. The Balaban J connectivity index is 4.54. The number of amides is 2. The summed E-state index contributed by atoms with van der Waals surface area (Å²) in [4.78, 5) is 24.5. The number of aliphatic carboxylic acids is 1. The summed E-state index contributed by atoms with van der Waals surface area (Å²) >= 11 is 0. The first-order valence-corrected chi connectivity index (χ1v) is 6.09. The zero-order valence-electron chi connectivity index (χ0n) is 11.4. The molecule has 17 heavy (non-hydrogen) atoms. The van der Waals surface area contributed by atoms with Gasteiger partial charge in [0.2, 0.25) is 0 Å². The Hall–Kier alpha value is -1.26. The second-order valence-corrected chi connectivity index (χ2v) is 4.85. The quantitative estimate of drug-likeness (QED) is 0.750. The highest BCUT2D eigenvalue weighted by molar-refractivity contribution is 5.82. The second kappa shape index (κ2) is 7.14. The first kappa shape index (κ1) is 15.7. The van der Waals surface area contributed by atoms with Crippen molar-refractivity contribution in [2.45, 2.75) is 53.1 Å². The van der Waals surface area contributed by atoms with E-state index >= 15 is 0 Å². The molecule has 2 N–H and O–H groups in total. The molecule has 0 heterocycles. The molecule has 0 unspecified atom stereocenters. The molecule has 5 nitrogen and oxygen atoms in total. The van der Waals surface area contributed by atoms with Crippen LogP contribution in [0.15, 0.2) is 0 Å². The molecule has 0 rings (SSSR count). The third kappa shape index (κ3) is 5.56. The molecule has 2 amide bonds. The molecular weight excluding hydrogens is 220 g/mol. The molecule has 5 heteroatoms. The van der Waals surface area contributed by atoms with Crippen molar-refractivity contribution in [2.24, 2.45) is 5.92 Å². The summed E-state index contributed by atoms with van der Waals surface area (Å²) in [6, 6.07) is -1.06. The zero-order chi connectivity index (χ0) is 13.6. The van der Waals surface area contributed by atoms with Crippen molar-refractivity contribution >= 4 is 12.0 Å². The average Bonchev–Trinajstić information content (AvgIpc) is 2.15. The lowest BCUT2D eigenvalue weighted by molar-refractivity contribution is -0.139. The van der Waals surface area contributed by atoms with E-state index in [0.717, 1.165) is 0 Å². The fourth-order valence-electron chi connectivity index (χ4n) is 1.67. The van der Waals surface area contributed by atoms with E-state index in [4.69, 9.17) is 5.11 Å². The first-order valence-electron chi connectivity index (χ1n) is 6.09. The minimum absolute atomic E-state index is 0.0634. The van der Waals surface area contributed by atoms with Gasteiger partial charge >= 0.3 is 12.0 Å². The zero-order valence-corrected chi connectivity index (χ0v) is 11.4. The smallest absolute Gasteiger partial charge is 0.326 e. The van der Waals surface area contributed by atoms with E-state index in [1.54, 1.807) is 4.90 Å². The SMILES string of the molecule is CCN(C(=O)N[C@@H](CC(C)C)C(=O)O)C(C)C. The Morgan fingerprint density at radius 2 is 1.76 bits per heavy atom. The number of carboxylic acids is 1. The number of carboxylic acid groups (broad SMARTS) is 1. The summed E-state index contributed by atoms with van der Waals surface area (Å²) in [6.07, 6.45) is 0.441. The highest BCUT2D eigenvalue weighted by atomic mass is 16.4. The second-order valence-electron chi connectivity index (χ2n) is 4.85. The van der Waals surface area contributed by atoms with Crippen molar-refractivity contribution in [1.82, 2.24) is 10.2 Å². The van der Waals surface area contributed by atoms with Crippen LogP contribution in [0.3, 0.4) is 0 Å². The van der Waals surface area contributed by atoms with Crippen LogP contribution in [-0.2, 0) is 4.79 Å². The number of hydrogen-bond donors (Lipinski definition) is 2. The van der Waals surface area contributed by atoms with Crippen LogP contribution in [0.25, 0.3) is 0 Å². The standard InChI is InChI=1S/C12H24N2O3/c1-6-14(9(4)5)12(17)13-10(11(15)16)7-8(2)3/h8-10H,6-7H2,1-5H3,(H,13,17)(H,15,16)/t10-/m0/s1. The van der Waals surface area contributed by atoms with Gasteiger partial charge in [-0.3, -0.25) is 0 Å². The van der Waals surface area contributed by atoms with E-state index < -0.39 is 12.0 Å². The molecule has 0 spiro atoms. The van der Waals surface area contributed by atoms with E-state index in [9.17, 15) is 9.59 Å². The minimum atomic E-state index is -0.980. The fourth-order valence-corrected chi connectivity index (χ4v) is 1.67. The van der Waals surface area contributed by atoms with Gasteiger partial charge in [-0.1, -0.05) is 13.8 Å². The number of carbonyl (C=O) groups is 2. The van der Waals surface area contributed by atoms with E-state index in [1.807, 2.05) is 34.6 Å². The van der Waals surface area contributed by atoms with Gasteiger partial charge in [0.1, 0.15) is 6.04 Å². The van der Waals surface area contributed by atoms with Crippen molar-refractivity contribution in [3.05, 3.63) is 0 Å². The number of carbonyl (C=O) groups excluding carboxylic acids is 1. The van der Waals surface area contributed by atoms with Crippen molar-refractivity contribution in [3.63, 3.8) is 0 Å². The summed E-state index contributed by atoms with van der Waals surface area (Å²) < 4.78 is 0. The maximum Gasteiger partial charge on any atom is 0.326 e. The lowest BCUT2D eigenvalue weighted by Crippen LogP contribution is -2.50. The Labute approximate surface area is 103 Å². The molecule has 0 aromatic heterocycles. The largest absolute Gasteiger partial charge is 0.480 e. The lowest BCUT2D eigenvalue weighted by atomic mass is 10.0. The van der Waals surface area contributed by atoms with Crippen molar-refractivity contribution in [3.8, 4) is 0 Å². The van der Waals surface area contributed by atoms with Gasteiger partial charge in [0.05, 0.1) is 0 Å². The van der Waals surface area contributed by atoms with Gasteiger partial charge in [-0.25, -0.2) is 9.59 Å². The van der Waals surface area contributed by atoms with E-state index in [-0.39, 0.29) is 18.0 Å². The van der Waals surface area contributed by atoms with Gasteiger partial charge in [-0.05, 0) is 33.1 Å². The van der Waals surface area contributed by atoms with Crippen LogP contribution >= 0.6 is 0 Å². The minimum Gasteiger partial charge on any atom is -0.480 e. The summed E-state index contributed by atoms with van der Waals surface area (Å²) in [6.45, 7) is 10.1. The molecule has 0 aliphatic rings.